The topological polar surface area (TPSA) is 39.9 Å². The average Bonchev–Trinajstić information content (AvgIpc) is 3.18. The fourth-order valence-corrected chi connectivity index (χ4v) is 4.22. The summed E-state index contributed by atoms with van der Waals surface area (Å²) in [7, 11) is 0. The number of aryl methyl sites for hydroxylation is 2. The molecule has 0 unspecified atom stereocenters. The molecule has 0 saturated carbocycles. The van der Waals surface area contributed by atoms with Crippen molar-refractivity contribution in [3.63, 3.8) is 0 Å². The molecular weight excluding hydrogens is 613 g/mol. The molecule has 172 valence electrons. The predicted molar refractivity (Wildman–Crippen MR) is 135 cm³/mol. The summed E-state index contributed by atoms with van der Waals surface area (Å²) in [6.07, 6.45) is 3.64. The van der Waals surface area contributed by atoms with Crippen LogP contribution in [-0.2, 0) is 21.1 Å². The number of nitrogens with zero attached hydrogens (tertiary/aromatic N) is 3. The standard InChI is InChI=1S/C30H21N3O.Pt/c1-20-14-15-31-30(16-20)34-24-7-5-6-22(17-24)23-11-12-26-25-8-3-4-9-27(25)33(28(26)18-23)29-13-10-21(2)19-32-29;/h3-16,19H,1-2H3;/q-2;+2. The van der Waals surface area contributed by atoms with Crippen LogP contribution in [0, 0.1) is 26.0 Å². The molecule has 0 saturated heterocycles. The molecule has 6 rings (SSSR count). The second-order valence-corrected chi connectivity index (χ2v) is 8.38. The van der Waals surface area contributed by atoms with Gasteiger partial charge in [-0.1, -0.05) is 29.7 Å². The Bertz CT molecular complexity index is 1650. The quantitative estimate of drug-likeness (QED) is 0.192. The van der Waals surface area contributed by atoms with Crippen molar-refractivity contribution in [2.75, 3.05) is 0 Å². The van der Waals surface area contributed by atoms with E-state index < -0.39 is 0 Å². The number of benzene rings is 3. The Morgan fingerprint density at radius 3 is 2.43 bits per heavy atom. The molecule has 3 aromatic heterocycles. The van der Waals surface area contributed by atoms with Gasteiger partial charge in [-0.25, -0.2) is 21.1 Å². The van der Waals surface area contributed by atoms with E-state index in [-0.39, 0.29) is 21.1 Å². The third-order valence-electron chi connectivity index (χ3n) is 5.87. The number of aromatic nitrogens is 3. The van der Waals surface area contributed by atoms with Gasteiger partial charge >= 0.3 is 21.1 Å². The van der Waals surface area contributed by atoms with Crippen molar-refractivity contribution < 1.29 is 25.8 Å². The maximum Gasteiger partial charge on any atom is 2.00 e. The molecule has 35 heavy (non-hydrogen) atoms. The summed E-state index contributed by atoms with van der Waals surface area (Å²) in [4.78, 5) is 8.99. The van der Waals surface area contributed by atoms with Gasteiger partial charge in [-0.2, -0.15) is 24.3 Å². The Labute approximate surface area is 218 Å². The molecule has 0 aliphatic carbocycles. The minimum atomic E-state index is 0. The van der Waals surface area contributed by atoms with Gasteiger partial charge in [0.1, 0.15) is 5.82 Å². The van der Waals surface area contributed by atoms with Gasteiger partial charge in [-0.15, -0.1) is 18.2 Å². The number of hydrogen-bond acceptors (Lipinski definition) is 3. The monoisotopic (exact) mass is 634 g/mol. The molecular formula is C30H21N3OPt. The molecule has 0 radical (unpaired) electrons. The Morgan fingerprint density at radius 2 is 1.60 bits per heavy atom. The first-order valence-corrected chi connectivity index (χ1v) is 11.2. The molecule has 3 heterocycles. The third kappa shape index (κ3) is 4.38. The van der Waals surface area contributed by atoms with Crippen LogP contribution in [0.1, 0.15) is 11.1 Å². The molecule has 3 aromatic carbocycles. The van der Waals surface area contributed by atoms with Crippen LogP contribution < -0.4 is 4.74 Å². The van der Waals surface area contributed by atoms with Crippen LogP contribution in [0.5, 0.6) is 11.6 Å². The van der Waals surface area contributed by atoms with Crippen molar-refractivity contribution >= 4 is 21.8 Å². The summed E-state index contributed by atoms with van der Waals surface area (Å²) in [5.41, 5.74) is 6.15. The zero-order chi connectivity index (χ0) is 23.1. The van der Waals surface area contributed by atoms with E-state index in [1.165, 1.54) is 5.39 Å². The van der Waals surface area contributed by atoms with E-state index in [0.29, 0.717) is 11.6 Å². The molecule has 0 aliphatic rings. The smallest absolute Gasteiger partial charge is 0.460 e. The molecule has 6 aromatic rings. The first-order valence-electron chi connectivity index (χ1n) is 11.2. The van der Waals surface area contributed by atoms with Crippen molar-refractivity contribution in [1.29, 1.82) is 0 Å². The van der Waals surface area contributed by atoms with E-state index in [2.05, 4.69) is 70.2 Å². The second kappa shape index (κ2) is 9.48. The van der Waals surface area contributed by atoms with Crippen LogP contribution in [0.15, 0.2) is 91.3 Å². The SMILES string of the molecule is Cc1ccc(-n2c3[c-]c(-c4[c-]c(Oc5cc(C)ccn5)ccc4)ccc3c3ccccc32)nc1.[Pt+2]. The van der Waals surface area contributed by atoms with E-state index in [9.17, 15) is 0 Å². The number of hydrogen-bond donors (Lipinski definition) is 0. The van der Waals surface area contributed by atoms with Gasteiger partial charge in [0.15, 0.2) is 0 Å². The first kappa shape index (κ1) is 23.0. The fourth-order valence-electron chi connectivity index (χ4n) is 4.22. The number of para-hydroxylation sites is 1. The van der Waals surface area contributed by atoms with Crippen LogP contribution >= 0.6 is 0 Å². The molecule has 4 nitrogen and oxygen atoms in total. The molecule has 0 spiro atoms. The number of rotatable bonds is 4. The maximum atomic E-state index is 5.97. The molecule has 0 N–H and O–H groups in total. The number of pyridine rings is 2. The van der Waals surface area contributed by atoms with Gasteiger partial charge in [0.25, 0.3) is 0 Å². The van der Waals surface area contributed by atoms with Gasteiger partial charge in [-0.05, 0) is 54.1 Å². The summed E-state index contributed by atoms with van der Waals surface area (Å²) >= 11 is 0. The zero-order valence-corrected chi connectivity index (χ0v) is 21.5. The Hall–Kier alpha value is -3.75. The summed E-state index contributed by atoms with van der Waals surface area (Å²) in [5, 5.41) is 2.31. The minimum absolute atomic E-state index is 0. The summed E-state index contributed by atoms with van der Waals surface area (Å²) in [6, 6.07) is 33.5. The van der Waals surface area contributed by atoms with Gasteiger partial charge in [0.05, 0.1) is 0 Å². The largest absolute Gasteiger partial charge is 2.00 e. The van der Waals surface area contributed by atoms with Crippen molar-refractivity contribution in [3.05, 3.63) is 115 Å². The minimum Gasteiger partial charge on any atom is -0.460 e. The van der Waals surface area contributed by atoms with E-state index in [1.54, 1.807) is 6.20 Å². The molecule has 0 fully saturated rings. The van der Waals surface area contributed by atoms with E-state index in [4.69, 9.17) is 9.72 Å². The molecule has 0 aliphatic heterocycles. The van der Waals surface area contributed by atoms with E-state index in [0.717, 1.165) is 44.5 Å². The van der Waals surface area contributed by atoms with Crippen LogP contribution in [0.25, 0.3) is 38.8 Å². The summed E-state index contributed by atoms with van der Waals surface area (Å²) < 4.78 is 8.14. The van der Waals surface area contributed by atoms with Crippen molar-refractivity contribution in [2.24, 2.45) is 0 Å². The Kier molecular flexibility index (Phi) is 6.23. The second-order valence-electron chi connectivity index (χ2n) is 8.38. The zero-order valence-electron chi connectivity index (χ0n) is 19.2. The third-order valence-corrected chi connectivity index (χ3v) is 5.87. The van der Waals surface area contributed by atoms with Gasteiger partial charge in [-0.3, -0.25) is 0 Å². The molecule has 0 amide bonds. The van der Waals surface area contributed by atoms with Crippen molar-refractivity contribution in [2.45, 2.75) is 13.8 Å². The summed E-state index contributed by atoms with van der Waals surface area (Å²) in [5.74, 6) is 2.04. The van der Waals surface area contributed by atoms with E-state index in [1.807, 2.05) is 50.4 Å². The van der Waals surface area contributed by atoms with Gasteiger partial charge in [0, 0.05) is 29.7 Å². The van der Waals surface area contributed by atoms with Crippen LogP contribution in [0.2, 0.25) is 0 Å². The van der Waals surface area contributed by atoms with Crippen LogP contribution in [0.4, 0.5) is 0 Å². The summed E-state index contributed by atoms with van der Waals surface area (Å²) in [6.45, 7) is 4.06. The normalized spacial score (nSPS) is 10.9. The van der Waals surface area contributed by atoms with Gasteiger partial charge in [0.2, 0.25) is 5.88 Å². The van der Waals surface area contributed by atoms with Crippen LogP contribution in [-0.4, -0.2) is 14.5 Å². The Morgan fingerprint density at radius 1 is 0.743 bits per heavy atom. The van der Waals surface area contributed by atoms with Crippen LogP contribution in [0.3, 0.4) is 0 Å². The predicted octanol–water partition coefficient (Wildman–Crippen LogP) is 7.25. The number of ether oxygens (including phenoxy) is 1. The maximum absolute atomic E-state index is 5.97. The molecule has 5 heteroatoms. The number of fused-ring (bicyclic) bond motifs is 3. The first-order chi connectivity index (χ1) is 16.7. The molecule has 0 atom stereocenters. The Balaban J connectivity index is 0.00000253. The van der Waals surface area contributed by atoms with E-state index >= 15 is 0 Å². The van der Waals surface area contributed by atoms with Crippen molar-refractivity contribution in [3.8, 4) is 28.6 Å². The van der Waals surface area contributed by atoms with Crippen molar-refractivity contribution in [1.82, 2.24) is 14.5 Å². The molecule has 0 bridgehead atoms. The average molecular weight is 635 g/mol. The van der Waals surface area contributed by atoms with Gasteiger partial charge < -0.3 is 9.30 Å². The fraction of sp³-hybridized carbons (Fsp3) is 0.0667.